The van der Waals surface area contributed by atoms with Gasteiger partial charge < -0.3 is 9.88 Å². The van der Waals surface area contributed by atoms with E-state index in [-0.39, 0.29) is 5.91 Å². The number of hydrogen-bond acceptors (Lipinski definition) is 2. The van der Waals surface area contributed by atoms with Crippen LogP contribution in [0.5, 0.6) is 0 Å². The molecule has 0 radical (unpaired) electrons. The van der Waals surface area contributed by atoms with Gasteiger partial charge in [-0.1, -0.05) is 30.3 Å². The highest BCUT2D eigenvalue weighted by Crippen LogP contribution is 2.29. The minimum atomic E-state index is -4.31. The summed E-state index contributed by atoms with van der Waals surface area (Å²) in [6, 6.07) is 14.9. The van der Waals surface area contributed by atoms with Gasteiger partial charge in [-0.15, -0.1) is 0 Å². The minimum Gasteiger partial charge on any atom is -0.351 e. The van der Waals surface area contributed by atoms with E-state index in [0.29, 0.717) is 38.4 Å². The van der Waals surface area contributed by atoms with Gasteiger partial charge in [-0.3, -0.25) is 9.69 Å². The lowest BCUT2D eigenvalue weighted by Crippen LogP contribution is -2.48. The van der Waals surface area contributed by atoms with Crippen LogP contribution in [0.2, 0.25) is 0 Å². The number of aromatic nitrogens is 1. The molecule has 28 heavy (non-hydrogen) atoms. The Morgan fingerprint density at radius 2 is 1.64 bits per heavy atom. The number of benzene rings is 2. The van der Waals surface area contributed by atoms with Crippen LogP contribution in [0.15, 0.2) is 54.6 Å². The Labute approximate surface area is 160 Å². The van der Waals surface area contributed by atoms with Crippen molar-refractivity contribution >= 4 is 16.8 Å². The smallest absolute Gasteiger partial charge is 0.351 e. The Hall–Kier alpha value is -2.80. The summed E-state index contributed by atoms with van der Waals surface area (Å²) in [6.45, 7) is 3.14. The number of nitrogens with zero attached hydrogens (tertiary/aromatic N) is 2. The highest BCUT2D eigenvalue weighted by molar-refractivity contribution is 5.98. The molecule has 3 aromatic rings. The predicted octanol–water partition coefficient (Wildman–Crippen LogP) is 4.14. The van der Waals surface area contributed by atoms with Crippen LogP contribution in [0.3, 0.4) is 0 Å². The van der Waals surface area contributed by atoms with Gasteiger partial charge >= 0.3 is 6.18 Å². The van der Waals surface area contributed by atoms with Crippen molar-refractivity contribution in [3.05, 3.63) is 71.4 Å². The Balaban J connectivity index is 1.34. The van der Waals surface area contributed by atoms with Crippen LogP contribution in [0.25, 0.3) is 10.9 Å². The van der Waals surface area contributed by atoms with Crippen molar-refractivity contribution in [3.63, 3.8) is 0 Å². The van der Waals surface area contributed by atoms with Crippen molar-refractivity contribution in [2.75, 3.05) is 26.2 Å². The Morgan fingerprint density at radius 1 is 0.964 bits per heavy atom. The van der Waals surface area contributed by atoms with E-state index < -0.39 is 11.7 Å². The topological polar surface area (TPSA) is 39.3 Å². The second-order valence-electron chi connectivity index (χ2n) is 7.03. The Morgan fingerprint density at radius 3 is 2.29 bits per heavy atom. The molecule has 1 aliphatic rings. The Kier molecular flexibility index (Phi) is 4.85. The summed E-state index contributed by atoms with van der Waals surface area (Å²) in [7, 11) is 0. The first kappa shape index (κ1) is 18.6. The van der Waals surface area contributed by atoms with Gasteiger partial charge in [-0.25, -0.2) is 0 Å². The van der Waals surface area contributed by atoms with E-state index in [4.69, 9.17) is 0 Å². The average Bonchev–Trinajstić information content (AvgIpc) is 3.12. The molecule has 1 fully saturated rings. The molecule has 1 saturated heterocycles. The molecule has 0 atom stereocenters. The number of halogens is 3. The molecule has 0 saturated carbocycles. The number of amides is 1. The van der Waals surface area contributed by atoms with Gasteiger partial charge in [0.15, 0.2) is 0 Å². The molecule has 1 aromatic heterocycles. The number of alkyl halides is 3. The summed E-state index contributed by atoms with van der Waals surface area (Å²) in [5, 5.41) is 1.01. The van der Waals surface area contributed by atoms with Gasteiger partial charge in [-0.2, -0.15) is 13.2 Å². The first-order valence-electron chi connectivity index (χ1n) is 9.16. The standard InChI is InChI=1S/C21H20F3N3O/c22-21(23,24)17-7-5-15(6-8-17)14-26-9-11-27(12-10-26)20(28)19-13-16-3-1-2-4-18(16)25-19/h1-8,13,25H,9-12,14H2. The maximum atomic E-state index is 12.7. The van der Waals surface area contributed by atoms with E-state index in [1.54, 1.807) is 0 Å². The molecule has 2 heterocycles. The van der Waals surface area contributed by atoms with Gasteiger partial charge in [0.05, 0.1) is 5.56 Å². The number of H-pyrrole nitrogens is 1. The second-order valence-corrected chi connectivity index (χ2v) is 7.03. The first-order valence-corrected chi connectivity index (χ1v) is 9.16. The van der Waals surface area contributed by atoms with Crippen molar-refractivity contribution in [1.82, 2.24) is 14.8 Å². The molecule has 0 aliphatic carbocycles. The zero-order valence-electron chi connectivity index (χ0n) is 15.2. The summed E-state index contributed by atoms with van der Waals surface area (Å²) >= 11 is 0. The number of carbonyl (C=O) groups is 1. The van der Waals surface area contributed by atoms with Gasteiger partial charge in [0.2, 0.25) is 0 Å². The fraction of sp³-hybridized carbons (Fsp3) is 0.286. The monoisotopic (exact) mass is 387 g/mol. The maximum absolute atomic E-state index is 12.7. The lowest BCUT2D eigenvalue weighted by Gasteiger charge is -2.34. The molecular formula is C21H20F3N3O. The lowest BCUT2D eigenvalue weighted by molar-refractivity contribution is -0.137. The maximum Gasteiger partial charge on any atom is 0.416 e. The molecule has 1 amide bonds. The fourth-order valence-electron chi connectivity index (χ4n) is 3.53. The highest BCUT2D eigenvalue weighted by Gasteiger charge is 2.30. The molecule has 4 nitrogen and oxygen atoms in total. The number of hydrogen-bond donors (Lipinski definition) is 1. The third-order valence-electron chi connectivity index (χ3n) is 5.11. The van der Waals surface area contributed by atoms with Crippen molar-refractivity contribution in [2.45, 2.75) is 12.7 Å². The van der Waals surface area contributed by atoms with Crippen LogP contribution in [0, 0.1) is 0 Å². The van der Waals surface area contributed by atoms with Crippen molar-refractivity contribution in [1.29, 1.82) is 0 Å². The molecule has 0 unspecified atom stereocenters. The largest absolute Gasteiger partial charge is 0.416 e. The van der Waals surface area contributed by atoms with Crippen LogP contribution in [0.1, 0.15) is 21.6 Å². The van der Waals surface area contributed by atoms with Crippen LogP contribution in [0.4, 0.5) is 13.2 Å². The van der Waals surface area contributed by atoms with Crippen LogP contribution < -0.4 is 0 Å². The molecule has 1 aliphatic heterocycles. The molecule has 7 heteroatoms. The summed E-state index contributed by atoms with van der Waals surface area (Å²) < 4.78 is 38.0. The summed E-state index contributed by atoms with van der Waals surface area (Å²) in [4.78, 5) is 19.9. The molecular weight excluding hydrogens is 367 g/mol. The number of nitrogens with one attached hydrogen (secondary N) is 1. The third kappa shape index (κ3) is 3.89. The number of aromatic amines is 1. The van der Waals surface area contributed by atoms with Crippen molar-refractivity contribution < 1.29 is 18.0 Å². The third-order valence-corrected chi connectivity index (χ3v) is 5.11. The number of carbonyl (C=O) groups excluding carboxylic acids is 1. The normalized spacial score (nSPS) is 15.9. The predicted molar refractivity (Wildman–Crippen MR) is 101 cm³/mol. The zero-order chi connectivity index (χ0) is 19.7. The molecule has 1 N–H and O–H groups in total. The lowest BCUT2D eigenvalue weighted by atomic mass is 10.1. The Bertz CT molecular complexity index is 937. The van der Waals surface area contributed by atoms with E-state index >= 15 is 0 Å². The van der Waals surface area contributed by atoms with Crippen molar-refractivity contribution in [3.8, 4) is 0 Å². The van der Waals surface area contributed by atoms with Gasteiger partial charge in [0.1, 0.15) is 5.69 Å². The summed E-state index contributed by atoms with van der Waals surface area (Å²) in [6.07, 6.45) is -4.31. The quantitative estimate of drug-likeness (QED) is 0.734. The average molecular weight is 387 g/mol. The SMILES string of the molecule is O=C(c1cc2ccccc2[nH]1)N1CCN(Cc2ccc(C(F)(F)F)cc2)CC1. The van der Waals surface area contributed by atoms with E-state index in [0.717, 1.165) is 28.6 Å². The first-order chi connectivity index (χ1) is 13.4. The highest BCUT2D eigenvalue weighted by atomic mass is 19.4. The van der Waals surface area contributed by atoms with Crippen LogP contribution in [-0.2, 0) is 12.7 Å². The van der Waals surface area contributed by atoms with Crippen LogP contribution in [-0.4, -0.2) is 46.9 Å². The molecule has 0 bridgehead atoms. The molecule has 146 valence electrons. The van der Waals surface area contributed by atoms with Gasteiger partial charge in [-0.05, 0) is 29.8 Å². The molecule has 2 aromatic carbocycles. The second kappa shape index (κ2) is 7.31. The molecule has 4 rings (SSSR count). The number of fused-ring (bicyclic) bond motifs is 1. The fourth-order valence-corrected chi connectivity index (χ4v) is 3.53. The minimum absolute atomic E-state index is 0.0228. The number of piperazine rings is 1. The van der Waals surface area contributed by atoms with E-state index in [9.17, 15) is 18.0 Å². The van der Waals surface area contributed by atoms with Gasteiger partial charge in [0.25, 0.3) is 5.91 Å². The number of para-hydroxylation sites is 1. The molecule has 0 spiro atoms. The summed E-state index contributed by atoms with van der Waals surface area (Å²) in [5.41, 5.74) is 1.72. The van der Waals surface area contributed by atoms with E-state index in [1.807, 2.05) is 35.2 Å². The van der Waals surface area contributed by atoms with Crippen LogP contribution >= 0.6 is 0 Å². The van der Waals surface area contributed by atoms with Gasteiger partial charge in [0, 0.05) is 43.6 Å². The van der Waals surface area contributed by atoms with Crippen molar-refractivity contribution in [2.24, 2.45) is 0 Å². The summed E-state index contributed by atoms with van der Waals surface area (Å²) in [5.74, 6) is -0.0228. The zero-order valence-corrected chi connectivity index (χ0v) is 15.2. The number of rotatable bonds is 3. The van der Waals surface area contributed by atoms with E-state index in [1.165, 1.54) is 12.1 Å². The van der Waals surface area contributed by atoms with E-state index in [2.05, 4.69) is 9.88 Å².